The van der Waals surface area contributed by atoms with Crippen LogP contribution in [-0.4, -0.2) is 48.3 Å². The summed E-state index contributed by atoms with van der Waals surface area (Å²) in [4.78, 5) is 22.8. The number of carbonyl (C=O) groups is 2. The van der Waals surface area contributed by atoms with E-state index in [2.05, 4.69) is 14.9 Å². The third-order valence-corrected chi connectivity index (χ3v) is 4.11. The molecular weight excluding hydrogens is 314 g/mol. The van der Waals surface area contributed by atoms with E-state index in [-0.39, 0.29) is 24.5 Å². The van der Waals surface area contributed by atoms with Gasteiger partial charge in [-0.25, -0.2) is 13.2 Å². The molecule has 0 fully saturated rings. The van der Waals surface area contributed by atoms with E-state index in [1.165, 1.54) is 0 Å². The van der Waals surface area contributed by atoms with Crippen molar-refractivity contribution in [2.45, 2.75) is 38.3 Å². The Morgan fingerprint density at radius 1 is 1.45 bits per heavy atom. The van der Waals surface area contributed by atoms with E-state index in [0.29, 0.717) is 0 Å². The van der Waals surface area contributed by atoms with E-state index >= 15 is 0 Å². The van der Waals surface area contributed by atoms with Crippen molar-refractivity contribution in [2.24, 2.45) is 5.92 Å². The lowest BCUT2D eigenvalue weighted by Crippen LogP contribution is -2.42. The van der Waals surface area contributed by atoms with E-state index in [4.69, 9.17) is 9.84 Å². The van der Waals surface area contributed by atoms with Crippen LogP contribution in [0.3, 0.4) is 0 Å². The number of hydrogen-bond donors (Lipinski definition) is 3. The Labute approximate surface area is 128 Å². The van der Waals surface area contributed by atoms with Crippen LogP contribution in [0.4, 0.5) is 0 Å². The topological polar surface area (TPSA) is 138 Å². The zero-order chi connectivity index (χ0) is 16.9. The predicted octanol–water partition coefficient (Wildman–Crippen LogP) is 0.364. The molecule has 0 spiro atoms. The number of H-pyrrole nitrogens is 1. The number of aromatic nitrogens is 2. The maximum absolute atomic E-state index is 12.3. The molecule has 1 rings (SSSR count). The molecular formula is C12H19N3O6S. The third-order valence-electron chi connectivity index (χ3n) is 2.67. The fourth-order valence-corrected chi connectivity index (χ4v) is 3.04. The molecule has 1 aromatic heterocycles. The highest BCUT2D eigenvalue weighted by Gasteiger charge is 2.31. The summed E-state index contributed by atoms with van der Waals surface area (Å²) >= 11 is 0. The predicted molar refractivity (Wildman–Crippen MR) is 75.7 cm³/mol. The summed E-state index contributed by atoms with van der Waals surface area (Å²) in [6.45, 7) is 5.19. The van der Waals surface area contributed by atoms with Gasteiger partial charge in [-0.15, -0.1) is 0 Å². The second-order valence-electron chi connectivity index (χ2n) is 4.97. The molecule has 22 heavy (non-hydrogen) atoms. The molecule has 0 aliphatic carbocycles. The molecule has 0 bridgehead atoms. The van der Waals surface area contributed by atoms with Gasteiger partial charge in [-0.1, -0.05) is 13.8 Å². The number of rotatable bonds is 8. The SMILES string of the molecule is CCOC(=O)c1cn[nH]c1S(=O)(=O)N[C@H](CC(C)C)C(=O)O. The molecule has 0 aromatic carbocycles. The fourth-order valence-electron chi connectivity index (χ4n) is 1.75. The second-order valence-corrected chi connectivity index (χ2v) is 6.63. The quantitative estimate of drug-likeness (QED) is 0.584. The standard InChI is InChI=1S/C12H19N3O6S/c1-4-21-12(18)8-6-13-14-10(8)22(19,20)15-9(11(16)17)5-7(2)3/h6-7,9,15H,4-5H2,1-3H3,(H,13,14)(H,16,17)/t9-/m1/s1. The molecule has 1 aromatic rings. The normalized spacial score (nSPS) is 13.1. The summed E-state index contributed by atoms with van der Waals surface area (Å²) in [6, 6.07) is -1.30. The molecule has 1 atom stereocenters. The highest BCUT2D eigenvalue weighted by molar-refractivity contribution is 7.89. The number of esters is 1. The molecule has 0 saturated carbocycles. The zero-order valence-electron chi connectivity index (χ0n) is 12.5. The first kappa shape index (κ1) is 18.1. The molecule has 0 aliphatic heterocycles. The van der Waals surface area contributed by atoms with Crippen LogP contribution < -0.4 is 4.72 Å². The zero-order valence-corrected chi connectivity index (χ0v) is 13.3. The van der Waals surface area contributed by atoms with Crippen LogP contribution in [0.2, 0.25) is 0 Å². The smallest absolute Gasteiger partial charge is 0.342 e. The molecule has 0 amide bonds. The number of carboxylic acid groups (broad SMARTS) is 1. The molecule has 3 N–H and O–H groups in total. The first-order valence-electron chi connectivity index (χ1n) is 6.64. The summed E-state index contributed by atoms with van der Waals surface area (Å²) in [7, 11) is -4.25. The van der Waals surface area contributed by atoms with Crippen molar-refractivity contribution < 1.29 is 27.9 Å². The van der Waals surface area contributed by atoms with Crippen LogP contribution in [0.1, 0.15) is 37.6 Å². The largest absolute Gasteiger partial charge is 0.480 e. The van der Waals surface area contributed by atoms with Gasteiger partial charge in [0, 0.05) is 0 Å². The van der Waals surface area contributed by atoms with Crippen molar-refractivity contribution >= 4 is 22.0 Å². The molecule has 0 saturated heterocycles. The van der Waals surface area contributed by atoms with Gasteiger partial charge in [-0.05, 0) is 19.3 Å². The van der Waals surface area contributed by atoms with Crippen LogP contribution >= 0.6 is 0 Å². The Morgan fingerprint density at radius 2 is 2.09 bits per heavy atom. The number of hydrogen-bond acceptors (Lipinski definition) is 6. The number of aromatic amines is 1. The number of carbonyl (C=O) groups excluding carboxylic acids is 1. The van der Waals surface area contributed by atoms with Gasteiger partial charge >= 0.3 is 11.9 Å². The van der Waals surface area contributed by atoms with Gasteiger partial charge in [0.1, 0.15) is 11.6 Å². The van der Waals surface area contributed by atoms with Crippen LogP contribution in [0, 0.1) is 5.92 Å². The van der Waals surface area contributed by atoms with Gasteiger partial charge in [0.2, 0.25) is 0 Å². The highest BCUT2D eigenvalue weighted by Crippen LogP contribution is 2.15. The average molecular weight is 333 g/mol. The van der Waals surface area contributed by atoms with Gasteiger partial charge in [0.25, 0.3) is 10.0 Å². The van der Waals surface area contributed by atoms with E-state index in [1.54, 1.807) is 20.8 Å². The molecule has 0 radical (unpaired) electrons. The molecule has 1 heterocycles. The van der Waals surface area contributed by atoms with Crippen LogP contribution in [-0.2, 0) is 19.6 Å². The molecule has 9 nitrogen and oxygen atoms in total. The van der Waals surface area contributed by atoms with Crippen molar-refractivity contribution in [3.05, 3.63) is 11.8 Å². The Balaban J connectivity index is 3.07. The first-order chi connectivity index (χ1) is 10.2. The van der Waals surface area contributed by atoms with E-state index in [0.717, 1.165) is 6.20 Å². The van der Waals surface area contributed by atoms with Crippen molar-refractivity contribution in [1.82, 2.24) is 14.9 Å². The molecule has 0 aliphatic rings. The summed E-state index contributed by atoms with van der Waals surface area (Å²) < 4.78 is 31.3. The Bertz CT molecular complexity index is 637. The summed E-state index contributed by atoms with van der Waals surface area (Å²) in [5.74, 6) is -2.18. The van der Waals surface area contributed by atoms with Crippen LogP contribution in [0.15, 0.2) is 11.2 Å². The van der Waals surface area contributed by atoms with Crippen molar-refractivity contribution in [1.29, 1.82) is 0 Å². The lowest BCUT2D eigenvalue weighted by atomic mass is 10.1. The van der Waals surface area contributed by atoms with Crippen molar-refractivity contribution in [3.8, 4) is 0 Å². The Hall–Kier alpha value is -1.94. The third kappa shape index (κ3) is 4.53. The monoisotopic (exact) mass is 333 g/mol. The van der Waals surface area contributed by atoms with Crippen LogP contribution in [0.5, 0.6) is 0 Å². The minimum Gasteiger partial charge on any atom is -0.480 e. The van der Waals surface area contributed by atoms with E-state index < -0.39 is 33.0 Å². The fraction of sp³-hybridized carbons (Fsp3) is 0.583. The van der Waals surface area contributed by atoms with Crippen LogP contribution in [0.25, 0.3) is 0 Å². The number of nitrogens with zero attached hydrogens (tertiary/aromatic N) is 1. The van der Waals surface area contributed by atoms with E-state index in [9.17, 15) is 18.0 Å². The average Bonchev–Trinajstić information content (AvgIpc) is 2.87. The summed E-state index contributed by atoms with van der Waals surface area (Å²) in [6.07, 6.45) is 1.13. The van der Waals surface area contributed by atoms with Gasteiger partial charge < -0.3 is 9.84 Å². The summed E-state index contributed by atoms with van der Waals surface area (Å²) in [5.41, 5.74) is -0.275. The second kappa shape index (κ2) is 7.36. The number of aliphatic carboxylic acids is 1. The first-order valence-corrected chi connectivity index (χ1v) is 8.13. The van der Waals surface area contributed by atoms with Crippen molar-refractivity contribution in [2.75, 3.05) is 6.61 Å². The maximum atomic E-state index is 12.3. The van der Waals surface area contributed by atoms with Gasteiger partial charge in [-0.2, -0.15) is 9.82 Å². The van der Waals surface area contributed by atoms with Gasteiger partial charge in [0.05, 0.1) is 12.8 Å². The number of ether oxygens (including phenoxy) is 1. The number of nitrogens with one attached hydrogen (secondary N) is 2. The maximum Gasteiger partial charge on any atom is 0.342 e. The van der Waals surface area contributed by atoms with E-state index in [1.807, 2.05) is 0 Å². The Kier molecular flexibility index (Phi) is 6.06. The van der Waals surface area contributed by atoms with Crippen molar-refractivity contribution in [3.63, 3.8) is 0 Å². The highest BCUT2D eigenvalue weighted by atomic mass is 32.2. The number of carboxylic acids is 1. The minimum atomic E-state index is -4.25. The minimum absolute atomic E-state index is 0.0323. The Morgan fingerprint density at radius 3 is 2.59 bits per heavy atom. The molecule has 124 valence electrons. The van der Waals surface area contributed by atoms with Gasteiger partial charge in [0.15, 0.2) is 5.03 Å². The lowest BCUT2D eigenvalue weighted by Gasteiger charge is -2.16. The number of sulfonamides is 1. The lowest BCUT2D eigenvalue weighted by molar-refractivity contribution is -0.139. The van der Waals surface area contributed by atoms with Gasteiger partial charge in [-0.3, -0.25) is 9.89 Å². The molecule has 0 unspecified atom stereocenters. The summed E-state index contributed by atoms with van der Waals surface area (Å²) in [5, 5.41) is 14.3. The molecule has 10 heteroatoms.